The first-order valence-electron chi connectivity index (χ1n) is 7.69. The van der Waals surface area contributed by atoms with Gasteiger partial charge in [0.05, 0.1) is 0 Å². The summed E-state index contributed by atoms with van der Waals surface area (Å²) in [6, 6.07) is 23.6. The zero-order valence-electron chi connectivity index (χ0n) is 13.3. The maximum Gasteiger partial charge on any atom is 0.409 e. The second kappa shape index (κ2) is 7.31. The number of carboxylic acid groups (broad SMARTS) is 1. The Balaban J connectivity index is 1.81. The van der Waals surface area contributed by atoms with Gasteiger partial charge in [-0.25, -0.2) is 4.79 Å². The number of hydrogen-bond donors (Lipinski definition) is 3. The monoisotopic (exact) mass is 332 g/mol. The van der Waals surface area contributed by atoms with E-state index in [0.717, 1.165) is 11.1 Å². The van der Waals surface area contributed by atoms with Crippen LogP contribution in [0.2, 0.25) is 0 Å². The van der Waals surface area contributed by atoms with E-state index in [4.69, 9.17) is 5.11 Å². The highest BCUT2D eigenvalue weighted by Gasteiger charge is 2.12. The number of amides is 2. The van der Waals surface area contributed by atoms with E-state index < -0.39 is 6.09 Å². The molecule has 25 heavy (non-hydrogen) atoms. The third kappa shape index (κ3) is 4.03. The predicted molar refractivity (Wildman–Crippen MR) is 97.9 cm³/mol. The van der Waals surface area contributed by atoms with E-state index in [1.807, 2.05) is 48.5 Å². The molecule has 3 aromatic rings. The van der Waals surface area contributed by atoms with Crippen molar-refractivity contribution in [2.24, 2.45) is 0 Å². The third-order valence-electron chi connectivity index (χ3n) is 3.65. The maximum absolute atomic E-state index is 12.7. The molecule has 0 aliphatic rings. The normalized spacial score (nSPS) is 10.1. The Morgan fingerprint density at radius 1 is 0.680 bits per heavy atom. The summed E-state index contributed by atoms with van der Waals surface area (Å²) in [5.41, 5.74) is 3.42. The molecule has 0 saturated heterocycles. The number of carbonyl (C=O) groups is 2. The van der Waals surface area contributed by atoms with Crippen LogP contribution in [0.3, 0.4) is 0 Å². The van der Waals surface area contributed by atoms with Gasteiger partial charge in [0.1, 0.15) is 0 Å². The molecule has 2 amide bonds. The Bertz CT molecular complexity index is 890. The van der Waals surface area contributed by atoms with Gasteiger partial charge in [-0.1, -0.05) is 48.5 Å². The summed E-state index contributed by atoms with van der Waals surface area (Å²) in [6.45, 7) is 0. The number of hydrogen-bond acceptors (Lipinski definition) is 2. The van der Waals surface area contributed by atoms with Crippen molar-refractivity contribution in [2.45, 2.75) is 0 Å². The topological polar surface area (TPSA) is 78.4 Å². The lowest BCUT2D eigenvalue weighted by Crippen LogP contribution is -2.13. The molecule has 0 aromatic heterocycles. The van der Waals surface area contributed by atoms with Crippen LogP contribution in [0.1, 0.15) is 10.4 Å². The van der Waals surface area contributed by atoms with E-state index >= 15 is 0 Å². The first-order chi connectivity index (χ1) is 12.1. The van der Waals surface area contributed by atoms with Crippen LogP contribution in [0.5, 0.6) is 0 Å². The average Bonchev–Trinajstić information content (AvgIpc) is 2.63. The lowest BCUT2D eigenvalue weighted by molar-refractivity contribution is 0.102. The fourth-order valence-electron chi connectivity index (χ4n) is 2.51. The van der Waals surface area contributed by atoms with Crippen LogP contribution in [0.15, 0.2) is 78.9 Å². The Hall–Kier alpha value is -3.60. The molecule has 0 atom stereocenters. The molecule has 3 N–H and O–H groups in total. The Morgan fingerprint density at radius 2 is 1.24 bits per heavy atom. The summed E-state index contributed by atoms with van der Waals surface area (Å²) >= 11 is 0. The van der Waals surface area contributed by atoms with Crippen molar-refractivity contribution in [2.75, 3.05) is 10.6 Å². The van der Waals surface area contributed by atoms with Crippen molar-refractivity contribution in [3.05, 3.63) is 84.4 Å². The highest BCUT2D eigenvalue weighted by atomic mass is 16.4. The molecule has 0 bridgehead atoms. The van der Waals surface area contributed by atoms with Gasteiger partial charge in [-0.3, -0.25) is 10.1 Å². The summed E-state index contributed by atoms with van der Waals surface area (Å²) in [5, 5.41) is 13.8. The first kappa shape index (κ1) is 16.3. The van der Waals surface area contributed by atoms with Crippen molar-refractivity contribution in [1.82, 2.24) is 0 Å². The van der Waals surface area contributed by atoms with Crippen molar-refractivity contribution < 1.29 is 14.7 Å². The summed E-state index contributed by atoms with van der Waals surface area (Å²) in [7, 11) is 0. The minimum atomic E-state index is -1.13. The van der Waals surface area contributed by atoms with Crippen molar-refractivity contribution >= 4 is 23.4 Å². The van der Waals surface area contributed by atoms with E-state index in [9.17, 15) is 9.59 Å². The molecule has 0 fully saturated rings. The van der Waals surface area contributed by atoms with Gasteiger partial charge < -0.3 is 10.4 Å². The van der Waals surface area contributed by atoms with Crippen molar-refractivity contribution in [3.8, 4) is 11.1 Å². The van der Waals surface area contributed by atoms with Gasteiger partial charge in [0.2, 0.25) is 0 Å². The molecule has 0 saturated carbocycles. The van der Waals surface area contributed by atoms with E-state index in [1.165, 1.54) is 0 Å². The largest absolute Gasteiger partial charge is 0.465 e. The highest BCUT2D eigenvalue weighted by molar-refractivity contribution is 6.08. The Labute approximate surface area is 144 Å². The zero-order chi connectivity index (χ0) is 17.6. The molecule has 5 nitrogen and oxygen atoms in total. The lowest BCUT2D eigenvalue weighted by atomic mass is 9.99. The molecule has 5 heteroatoms. The molecule has 0 radical (unpaired) electrons. The van der Waals surface area contributed by atoms with E-state index in [0.29, 0.717) is 16.9 Å². The zero-order valence-corrected chi connectivity index (χ0v) is 13.3. The fourth-order valence-corrected chi connectivity index (χ4v) is 2.51. The minimum absolute atomic E-state index is 0.224. The number of carbonyl (C=O) groups excluding carboxylic acids is 1. The number of rotatable bonds is 4. The van der Waals surface area contributed by atoms with Crippen LogP contribution in [0.4, 0.5) is 16.2 Å². The smallest absolute Gasteiger partial charge is 0.409 e. The second-order valence-corrected chi connectivity index (χ2v) is 5.37. The van der Waals surface area contributed by atoms with Gasteiger partial charge in [0, 0.05) is 16.9 Å². The third-order valence-corrected chi connectivity index (χ3v) is 3.65. The SMILES string of the molecule is O=C(O)Nc1ccc(NC(=O)c2ccccc2-c2ccccc2)cc1. The number of anilines is 2. The summed E-state index contributed by atoms with van der Waals surface area (Å²) < 4.78 is 0. The minimum Gasteiger partial charge on any atom is -0.465 e. The molecule has 0 aliphatic carbocycles. The summed E-state index contributed by atoms with van der Waals surface area (Å²) in [6.07, 6.45) is -1.13. The number of nitrogens with one attached hydrogen (secondary N) is 2. The van der Waals surface area contributed by atoms with Gasteiger partial charge >= 0.3 is 6.09 Å². The van der Waals surface area contributed by atoms with Gasteiger partial charge in [0.25, 0.3) is 5.91 Å². The molecular weight excluding hydrogens is 316 g/mol. The summed E-state index contributed by atoms with van der Waals surface area (Å²) in [4.78, 5) is 23.3. The molecule has 0 heterocycles. The molecule has 0 unspecified atom stereocenters. The molecule has 0 spiro atoms. The molecule has 3 aromatic carbocycles. The van der Waals surface area contributed by atoms with Gasteiger partial charge in [-0.05, 0) is 41.5 Å². The van der Waals surface area contributed by atoms with Crippen LogP contribution >= 0.6 is 0 Å². The second-order valence-electron chi connectivity index (χ2n) is 5.37. The van der Waals surface area contributed by atoms with Gasteiger partial charge in [-0.2, -0.15) is 0 Å². The van der Waals surface area contributed by atoms with E-state index in [-0.39, 0.29) is 5.91 Å². The van der Waals surface area contributed by atoms with Crippen LogP contribution in [-0.4, -0.2) is 17.1 Å². The lowest BCUT2D eigenvalue weighted by Gasteiger charge is -2.11. The first-order valence-corrected chi connectivity index (χ1v) is 7.69. The van der Waals surface area contributed by atoms with Gasteiger partial charge in [0.15, 0.2) is 0 Å². The van der Waals surface area contributed by atoms with E-state index in [2.05, 4.69) is 10.6 Å². The molecular formula is C20H16N2O3. The predicted octanol–water partition coefficient (Wildman–Crippen LogP) is 4.70. The standard InChI is InChI=1S/C20H16N2O3/c23-19(21-15-10-12-16(13-11-15)22-20(24)25)18-9-5-4-8-17(18)14-6-2-1-3-7-14/h1-13,22H,(H,21,23)(H,24,25). The van der Waals surface area contributed by atoms with Crippen LogP contribution in [0.25, 0.3) is 11.1 Å². The number of benzene rings is 3. The fraction of sp³-hybridized carbons (Fsp3) is 0. The van der Waals surface area contributed by atoms with Crippen LogP contribution in [-0.2, 0) is 0 Å². The Kier molecular flexibility index (Phi) is 4.76. The quantitative estimate of drug-likeness (QED) is 0.648. The van der Waals surface area contributed by atoms with Gasteiger partial charge in [-0.15, -0.1) is 0 Å². The average molecular weight is 332 g/mol. The highest BCUT2D eigenvalue weighted by Crippen LogP contribution is 2.24. The summed E-state index contributed by atoms with van der Waals surface area (Å²) in [5.74, 6) is -0.224. The Morgan fingerprint density at radius 3 is 1.88 bits per heavy atom. The maximum atomic E-state index is 12.7. The molecule has 3 rings (SSSR count). The van der Waals surface area contributed by atoms with Crippen LogP contribution in [0, 0.1) is 0 Å². The van der Waals surface area contributed by atoms with Crippen molar-refractivity contribution in [1.29, 1.82) is 0 Å². The van der Waals surface area contributed by atoms with Crippen LogP contribution < -0.4 is 10.6 Å². The van der Waals surface area contributed by atoms with Crippen molar-refractivity contribution in [3.63, 3.8) is 0 Å². The van der Waals surface area contributed by atoms with E-state index in [1.54, 1.807) is 30.3 Å². The molecule has 124 valence electrons. The molecule has 0 aliphatic heterocycles.